The van der Waals surface area contributed by atoms with Gasteiger partial charge in [-0.25, -0.2) is 9.80 Å². The number of esters is 1. The lowest BCUT2D eigenvalue weighted by Gasteiger charge is -2.31. The van der Waals surface area contributed by atoms with Gasteiger partial charge in [0.2, 0.25) is 5.91 Å². The molecule has 154 valence electrons. The third-order valence-electron chi connectivity index (χ3n) is 5.34. The highest BCUT2D eigenvalue weighted by atomic mass is 16.5. The SMILES string of the molecule is C[C@H](OC(=O)C1=NN(c2ccccc2)C(=O)CC1)C(=O)N1CCc2ccccc2C1. The number of nitrogens with zero attached hydrogens (tertiary/aromatic N) is 3. The van der Waals surface area contributed by atoms with E-state index in [0.29, 0.717) is 18.8 Å². The molecule has 2 aromatic carbocycles. The van der Waals surface area contributed by atoms with E-state index in [2.05, 4.69) is 11.2 Å². The quantitative estimate of drug-likeness (QED) is 0.733. The predicted molar refractivity (Wildman–Crippen MR) is 112 cm³/mol. The minimum Gasteiger partial charge on any atom is -0.448 e. The first kappa shape index (κ1) is 19.8. The van der Waals surface area contributed by atoms with E-state index in [1.165, 1.54) is 10.6 Å². The summed E-state index contributed by atoms with van der Waals surface area (Å²) < 4.78 is 5.41. The summed E-state index contributed by atoms with van der Waals surface area (Å²) in [6, 6.07) is 16.9. The molecule has 1 atom stereocenters. The van der Waals surface area contributed by atoms with Gasteiger partial charge < -0.3 is 9.64 Å². The molecule has 0 aliphatic carbocycles. The first-order chi connectivity index (χ1) is 14.5. The van der Waals surface area contributed by atoms with Gasteiger partial charge in [0.1, 0.15) is 5.71 Å². The largest absolute Gasteiger partial charge is 0.448 e. The number of carbonyl (C=O) groups excluding carboxylic acids is 3. The van der Waals surface area contributed by atoms with Gasteiger partial charge in [-0.05, 0) is 36.6 Å². The Morgan fingerprint density at radius 1 is 0.967 bits per heavy atom. The highest BCUT2D eigenvalue weighted by molar-refractivity contribution is 6.38. The van der Waals surface area contributed by atoms with Gasteiger partial charge in [0.25, 0.3) is 5.91 Å². The number of hydrazone groups is 1. The maximum Gasteiger partial charge on any atom is 0.355 e. The third-order valence-corrected chi connectivity index (χ3v) is 5.34. The molecular weight excluding hydrogens is 382 g/mol. The molecule has 0 bridgehead atoms. The topological polar surface area (TPSA) is 79.3 Å². The zero-order valence-corrected chi connectivity index (χ0v) is 16.8. The fraction of sp³-hybridized carbons (Fsp3) is 0.304. The van der Waals surface area contributed by atoms with Crippen LogP contribution in [0.15, 0.2) is 59.7 Å². The Hall–Kier alpha value is -3.48. The van der Waals surface area contributed by atoms with E-state index in [-0.39, 0.29) is 30.4 Å². The molecule has 2 aromatic rings. The summed E-state index contributed by atoms with van der Waals surface area (Å²) in [7, 11) is 0. The second-order valence-corrected chi connectivity index (χ2v) is 7.41. The standard InChI is InChI=1S/C23H23N3O4/c1-16(22(28)25-14-13-17-7-5-6-8-18(17)15-25)30-23(29)20-11-12-21(27)26(24-20)19-9-3-2-4-10-19/h2-10,16H,11-15H2,1H3/t16-/m0/s1. The number of fused-ring (bicyclic) bond motifs is 1. The number of para-hydroxylation sites is 1. The summed E-state index contributed by atoms with van der Waals surface area (Å²) >= 11 is 0. The lowest BCUT2D eigenvalue weighted by Crippen LogP contribution is -2.44. The number of hydrogen-bond donors (Lipinski definition) is 0. The number of rotatable bonds is 4. The van der Waals surface area contributed by atoms with E-state index in [4.69, 9.17) is 4.74 Å². The zero-order valence-electron chi connectivity index (χ0n) is 16.8. The summed E-state index contributed by atoms with van der Waals surface area (Å²) in [5, 5.41) is 5.41. The van der Waals surface area contributed by atoms with Crippen molar-refractivity contribution in [3.8, 4) is 0 Å². The minimum absolute atomic E-state index is 0.141. The van der Waals surface area contributed by atoms with E-state index in [1.807, 2.05) is 24.3 Å². The van der Waals surface area contributed by atoms with Gasteiger partial charge in [0.15, 0.2) is 6.10 Å². The molecule has 0 radical (unpaired) electrons. The molecule has 7 heteroatoms. The van der Waals surface area contributed by atoms with Gasteiger partial charge in [-0.1, -0.05) is 42.5 Å². The van der Waals surface area contributed by atoms with Crippen LogP contribution < -0.4 is 5.01 Å². The average Bonchev–Trinajstić information content (AvgIpc) is 2.79. The molecule has 0 N–H and O–H groups in total. The molecule has 0 spiro atoms. The van der Waals surface area contributed by atoms with Crippen LogP contribution in [0.5, 0.6) is 0 Å². The van der Waals surface area contributed by atoms with Crippen molar-refractivity contribution in [2.24, 2.45) is 5.10 Å². The molecule has 4 rings (SSSR count). The second kappa shape index (κ2) is 8.49. The van der Waals surface area contributed by atoms with Crippen LogP contribution >= 0.6 is 0 Å². The maximum absolute atomic E-state index is 12.8. The molecule has 0 saturated heterocycles. The van der Waals surface area contributed by atoms with Crippen LogP contribution in [-0.2, 0) is 32.1 Å². The molecule has 7 nitrogen and oxygen atoms in total. The smallest absolute Gasteiger partial charge is 0.355 e. The molecule has 2 amide bonds. The van der Waals surface area contributed by atoms with Crippen LogP contribution in [-0.4, -0.2) is 41.0 Å². The highest BCUT2D eigenvalue weighted by Gasteiger charge is 2.31. The molecule has 2 aliphatic rings. The van der Waals surface area contributed by atoms with Crippen molar-refractivity contribution >= 4 is 29.2 Å². The Labute approximate surface area is 174 Å². The molecular formula is C23H23N3O4. The number of carbonyl (C=O) groups is 3. The molecule has 2 aliphatic heterocycles. The van der Waals surface area contributed by atoms with Crippen molar-refractivity contribution in [1.82, 2.24) is 4.90 Å². The number of ether oxygens (including phenoxy) is 1. The lowest BCUT2D eigenvalue weighted by atomic mass is 9.99. The Kier molecular flexibility index (Phi) is 5.61. The average molecular weight is 405 g/mol. The Balaban J connectivity index is 1.42. The fourth-order valence-corrected chi connectivity index (χ4v) is 3.69. The van der Waals surface area contributed by atoms with E-state index < -0.39 is 12.1 Å². The van der Waals surface area contributed by atoms with Crippen molar-refractivity contribution in [1.29, 1.82) is 0 Å². The van der Waals surface area contributed by atoms with Crippen LogP contribution in [0.3, 0.4) is 0 Å². The van der Waals surface area contributed by atoms with Crippen LogP contribution in [0.25, 0.3) is 0 Å². The van der Waals surface area contributed by atoms with Gasteiger partial charge in [-0.3, -0.25) is 9.59 Å². The van der Waals surface area contributed by atoms with E-state index in [0.717, 1.165) is 12.0 Å². The van der Waals surface area contributed by atoms with Gasteiger partial charge >= 0.3 is 5.97 Å². The second-order valence-electron chi connectivity index (χ2n) is 7.41. The van der Waals surface area contributed by atoms with Gasteiger partial charge in [-0.15, -0.1) is 0 Å². The Bertz CT molecular complexity index is 1000. The van der Waals surface area contributed by atoms with Crippen LogP contribution in [0, 0.1) is 0 Å². The van der Waals surface area contributed by atoms with E-state index in [9.17, 15) is 14.4 Å². The summed E-state index contributed by atoms with van der Waals surface area (Å²) in [6.07, 6.45) is 0.213. The molecule has 2 heterocycles. The first-order valence-corrected chi connectivity index (χ1v) is 10.0. The molecule has 30 heavy (non-hydrogen) atoms. The number of amides is 2. The Morgan fingerprint density at radius 3 is 2.43 bits per heavy atom. The van der Waals surface area contributed by atoms with Gasteiger partial charge in [-0.2, -0.15) is 5.10 Å². The third kappa shape index (κ3) is 4.10. The molecule has 0 aromatic heterocycles. The highest BCUT2D eigenvalue weighted by Crippen LogP contribution is 2.21. The zero-order chi connectivity index (χ0) is 21.1. The van der Waals surface area contributed by atoms with Crippen molar-refractivity contribution < 1.29 is 19.1 Å². The van der Waals surface area contributed by atoms with Crippen LogP contribution in [0.2, 0.25) is 0 Å². The maximum atomic E-state index is 12.8. The fourth-order valence-electron chi connectivity index (χ4n) is 3.69. The number of hydrogen-bond acceptors (Lipinski definition) is 5. The summed E-state index contributed by atoms with van der Waals surface area (Å²) in [4.78, 5) is 39.3. The Morgan fingerprint density at radius 2 is 1.67 bits per heavy atom. The van der Waals surface area contributed by atoms with Crippen molar-refractivity contribution in [2.45, 2.75) is 38.8 Å². The lowest BCUT2D eigenvalue weighted by molar-refractivity contribution is -0.154. The summed E-state index contributed by atoms with van der Waals surface area (Å²) in [6.45, 7) is 2.67. The molecule has 0 unspecified atom stereocenters. The normalized spacial score (nSPS) is 17.1. The van der Waals surface area contributed by atoms with Gasteiger partial charge in [0, 0.05) is 25.9 Å². The van der Waals surface area contributed by atoms with E-state index >= 15 is 0 Å². The minimum atomic E-state index is -0.923. The summed E-state index contributed by atoms with van der Waals surface area (Å²) in [5.74, 6) is -1.08. The molecule has 0 saturated carbocycles. The van der Waals surface area contributed by atoms with Crippen molar-refractivity contribution in [3.63, 3.8) is 0 Å². The predicted octanol–water partition coefficient (Wildman–Crippen LogP) is 2.69. The molecule has 0 fully saturated rings. The van der Waals surface area contributed by atoms with Crippen molar-refractivity contribution in [2.75, 3.05) is 11.6 Å². The van der Waals surface area contributed by atoms with Crippen molar-refractivity contribution in [3.05, 3.63) is 65.7 Å². The first-order valence-electron chi connectivity index (χ1n) is 10.0. The van der Waals surface area contributed by atoms with Gasteiger partial charge in [0.05, 0.1) is 5.69 Å². The number of benzene rings is 2. The van der Waals surface area contributed by atoms with Crippen LogP contribution in [0.4, 0.5) is 5.69 Å². The summed E-state index contributed by atoms with van der Waals surface area (Å²) in [5.41, 5.74) is 3.09. The van der Waals surface area contributed by atoms with E-state index in [1.54, 1.807) is 36.1 Å². The number of anilines is 1. The van der Waals surface area contributed by atoms with Crippen LogP contribution in [0.1, 0.15) is 30.9 Å². The monoisotopic (exact) mass is 405 g/mol.